The van der Waals surface area contributed by atoms with Crippen molar-refractivity contribution in [3.8, 4) is 11.5 Å². The van der Waals surface area contributed by atoms with E-state index in [0.29, 0.717) is 15.8 Å². The van der Waals surface area contributed by atoms with Crippen LogP contribution in [0.25, 0.3) is 6.08 Å². The Balaban J connectivity index is 1.67. The minimum absolute atomic E-state index is 0.205. The number of hydrogen-bond acceptors (Lipinski definition) is 7. The van der Waals surface area contributed by atoms with Crippen LogP contribution in [0, 0.1) is 10.1 Å². The number of nitro groups is 1. The summed E-state index contributed by atoms with van der Waals surface area (Å²) in [6.45, 7) is 0.226. The number of para-hydroxylation sites is 1. The zero-order chi connectivity index (χ0) is 23.4. The Morgan fingerprint density at radius 3 is 2.36 bits per heavy atom. The molecule has 4 rings (SSSR count). The molecule has 1 aliphatic heterocycles. The van der Waals surface area contributed by atoms with Gasteiger partial charge in [0.05, 0.1) is 34.3 Å². The minimum atomic E-state index is -0.515. The molecule has 1 saturated heterocycles. The number of anilines is 1. The SMILES string of the molecule is COc1cc(/C=C2/SC(=S)N(c3ccccc3)C2=O)c([N+](=O)[O-])cc1OCc1ccccc1. The lowest BCUT2D eigenvalue weighted by molar-refractivity contribution is -0.385. The highest BCUT2D eigenvalue weighted by molar-refractivity contribution is 8.27. The van der Waals surface area contributed by atoms with Gasteiger partial charge in [-0.3, -0.25) is 19.8 Å². The van der Waals surface area contributed by atoms with Gasteiger partial charge in [0.25, 0.3) is 11.6 Å². The van der Waals surface area contributed by atoms with Gasteiger partial charge >= 0.3 is 0 Å². The quantitative estimate of drug-likeness (QED) is 0.190. The van der Waals surface area contributed by atoms with Crippen molar-refractivity contribution in [3.05, 3.63) is 98.9 Å². The van der Waals surface area contributed by atoms with E-state index in [-0.39, 0.29) is 34.4 Å². The Bertz CT molecular complexity index is 1250. The molecule has 33 heavy (non-hydrogen) atoms. The summed E-state index contributed by atoms with van der Waals surface area (Å²) in [5.41, 5.74) is 1.57. The first kappa shape index (κ1) is 22.5. The van der Waals surface area contributed by atoms with Crippen LogP contribution < -0.4 is 14.4 Å². The molecule has 0 saturated carbocycles. The van der Waals surface area contributed by atoms with E-state index >= 15 is 0 Å². The largest absolute Gasteiger partial charge is 0.493 e. The lowest BCUT2D eigenvalue weighted by Crippen LogP contribution is -2.27. The maximum absolute atomic E-state index is 13.0. The number of amides is 1. The fraction of sp³-hybridized carbons (Fsp3) is 0.0833. The average molecular weight is 479 g/mol. The van der Waals surface area contributed by atoms with E-state index in [2.05, 4.69) is 0 Å². The van der Waals surface area contributed by atoms with Crippen molar-refractivity contribution in [3.63, 3.8) is 0 Å². The number of benzene rings is 3. The molecule has 0 aliphatic carbocycles. The molecule has 1 aliphatic rings. The fourth-order valence-corrected chi connectivity index (χ4v) is 4.54. The predicted octanol–water partition coefficient (Wildman–Crippen LogP) is 5.59. The summed E-state index contributed by atoms with van der Waals surface area (Å²) in [7, 11) is 1.45. The lowest BCUT2D eigenvalue weighted by Gasteiger charge is -2.14. The number of nitro benzene ring substituents is 1. The molecule has 1 amide bonds. The van der Waals surface area contributed by atoms with Gasteiger partial charge < -0.3 is 9.47 Å². The molecular formula is C24H18N2O5S2. The highest BCUT2D eigenvalue weighted by Gasteiger charge is 2.34. The molecule has 1 heterocycles. The Kier molecular flexibility index (Phi) is 6.71. The van der Waals surface area contributed by atoms with Crippen LogP contribution >= 0.6 is 24.0 Å². The van der Waals surface area contributed by atoms with Gasteiger partial charge in [-0.1, -0.05) is 72.5 Å². The summed E-state index contributed by atoms with van der Waals surface area (Å²) in [5.74, 6) is 0.220. The van der Waals surface area contributed by atoms with Gasteiger partial charge in [0.15, 0.2) is 15.8 Å². The van der Waals surface area contributed by atoms with Gasteiger partial charge in [-0.15, -0.1) is 0 Å². The number of thiocarbonyl (C=S) groups is 1. The second-order valence-electron chi connectivity index (χ2n) is 6.95. The van der Waals surface area contributed by atoms with Crippen molar-refractivity contribution >= 4 is 51.7 Å². The molecule has 3 aromatic carbocycles. The third-order valence-electron chi connectivity index (χ3n) is 4.84. The molecule has 3 aromatic rings. The van der Waals surface area contributed by atoms with Crippen molar-refractivity contribution in [2.75, 3.05) is 12.0 Å². The second kappa shape index (κ2) is 9.85. The summed E-state index contributed by atoms with van der Waals surface area (Å²) < 4.78 is 11.6. The first-order chi connectivity index (χ1) is 16.0. The molecule has 0 N–H and O–H groups in total. The van der Waals surface area contributed by atoms with Crippen molar-refractivity contribution in [1.82, 2.24) is 0 Å². The van der Waals surface area contributed by atoms with Crippen LogP contribution in [0.2, 0.25) is 0 Å². The highest BCUT2D eigenvalue weighted by atomic mass is 32.2. The van der Waals surface area contributed by atoms with E-state index in [1.165, 1.54) is 30.2 Å². The van der Waals surface area contributed by atoms with Gasteiger partial charge in [-0.05, 0) is 29.8 Å². The summed E-state index contributed by atoms with van der Waals surface area (Å²) in [5, 5.41) is 11.8. The Labute approximate surface area is 199 Å². The van der Waals surface area contributed by atoms with Crippen LogP contribution in [0.4, 0.5) is 11.4 Å². The first-order valence-corrected chi connectivity index (χ1v) is 11.1. The van der Waals surface area contributed by atoms with Crippen LogP contribution in [0.3, 0.4) is 0 Å². The summed E-state index contributed by atoms with van der Waals surface area (Å²) in [6.07, 6.45) is 1.46. The first-order valence-electron chi connectivity index (χ1n) is 9.84. The molecular weight excluding hydrogens is 460 g/mol. The molecule has 1 fully saturated rings. The number of carbonyl (C=O) groups is 1. The van der Waals surface area contributed by atoms with Crippen LogP contribution in [0.15, 0.2) is 77.7 Å². The van der Waals surface area contributed by atoms with Crippen LogP contribution in [-0.2, 0) is 11.4 Å². The zero-order valence-corrected chi connectivity index (χ0v) is 19.1. The summed E-state index contributed by atoms with van der Waals surface area (Å²) in [4.78, 5) is 26.0. The standard InChI is InChI=1S/C24H18N2O5S2/c1-30-20-12-17(13-22-23(27)25(24(32)33-22)18-10-6-3-7-11-18)19(26(28)29)14-21(20)31-15-16-8-4-2-5-9-16/h2-14H,15H2,1H3/b22-13+. The van der Waals surface area contributed by atoms with Crippen LogP contribution in [0.5, 0.6) is 11.5 Å². The Morgan fingerprint density at radius 1 is 1.06 bits per heavy atom. The normalized spacial score (nSPS) is 14.6. The number of hydrogen-bond donors (Lipinski definition) is 0. The number of rotatable bonds is 7. The number of methoxy groups -OCH3 is 1. The molecule has 0 unspecified atom stereocenters. The van der Waals surface area contributed by atoms with Gasteiger partial charge in [-0.2, -0.15) is 0 Å². The van der Waals surface area contributed by atoms with E-state index in [9.17, 15) is 14.9 Å². The third kappa shape index (κ3) is 4.89. The maximum atomic E-state index is 13.0. The predicted molar refractivity (Wildman–Crippen MR) is 133 cm³/mol. The topological polar surface area (TPSA) is 81.9 Å². The van der Waals surface area contributed by atoms with Crippen molar-refractivity contribution in [2.24, 2.45) is 0 Å². The van der Waals surface area contributed by atoms with Crippen molar-refractivity contribution in [1.29, 1.82) is 0 Å². The van der Waals surface area contributed by atoms with E-state index in [1.807, 2.05) is 48.5 Å². The van der Waals surface area contributed by atoms with E-state index < -0.39 is 4.92 Å². The molecule has 0 spiro atoms. The third-order valence-corrected chi connectivity index (χ3v) is 6.14. The molecule has 0 aromatic heterocycles. The van der Waals surface area contributed by atoms with Crippen molar-refractivity contribution < 1.29 is 19.2 Å². The maximum Gasteiger partial charge on any atom is 0.280 e. The van der Waals surface area contributed by atoms with Crippen molar-refractivity contribution in [2.45, 2.75) is 6.61 Å². The van der Waals surface area contributed by atoms with Gasteiger partial charge in [0, 0.05) is 0 Å². The van der Waals surface area contributed by atoms with Gasteiger partial charge in [0.1, 0.15) is 6.61 Å². The van der Waals surface area contributed by atoms with E-state index in [4.69, 9.17) is 21.7 Å². The molecule has 7 nitrogen and oxygen atoms in total. The molecule has 9 heteroatoms. The molecule has 0 atom stereocenters. The molecule has 0 bridgehead atoms. The lowest BCUT2D eigenvalue weighted by atomic mass is 10.1. The van der Waals surface area contributed by atoms with E-state index in [0.717, 1.165) is 17.3 Å². The van der Waals surface area contributed by atoms with Gasteiger partial charge in [0.2, 0.25) is 0 Å². The molecule has 0 radical (unpaired) electrons. The fourth-order valence-electron chi connectivity index (χ4n) is 3.25. The van der Waals surface area contributed by atoms with Crippen LogP contribution in [-0.4, -0.2) is 22.3 Å². The number of ether oxygens (including phenoxy) is 2. The monoisotopic (exact) mass is 478 g/mol. The Hall–Kier alpha value is -3.69. The smallest absolute Gasteiger partial charge is 0.280 e. The zero-order valence-electron chi connectivity index (χ0n) is 17.5. The average Bonchev–Trinajstić information content (AvgIpc) is 3.11. The highest BCUT2D eigenvalue weighted by Crippen LogP contribution is 2.40. The number of carbonyl (C=O) groups excluding carboxylic acids is 1. The van der Waals surface area contributed by atoms with E-state index in [1.54, 1.807) is 12.1 Å². The second-order valence-corrected chi connectivity index (χ2v) is 8.62. The van der Waals surface area contributed by atoms with Gasteiger partial charge in [-0.25, -0.2) is 0 Å². The summed E-state index contributed by atoms with van der Waals surface area (Å²) >= 11 is 6.47. The molecule has 166 valence electrons. The number of nitrogens with zero attached hydrogens (tertiary/aromatic N) is 2. The Morgan fingerprint density at radius 2 is 1.73 bits per heavy atom. The summed E-state index contributed by atoms with van der Waals surface area (Å²) in [6, 6.07) is 21.3. The van der Waals surface area contributed by atoms with Crippen LogP contribution in [0.1, 0.15) is 11.1 Å². The number of thioether (sulfide) groups is 1. The minimum Gasteiger partial charge on any atom is -0.493 e.